The van der Waals surface area contributed by atoms with Gasteiger partial charge in [-0.05, 0) is 25.1 Å². The molecule has 2 aromatic heterocycles. The lowest BCUT2D eigenvalue weighted by molar-refractivity contribution is 0.0985. The summed E-state index contributed by atoms with van der Waals surface area (Å²) < 4.78 is 20.7. The fraction of sp³-hybridized carbons (Fsp3) is 0.200. The third-order valence-electron chi connectivity index (χ3n) is 3.13. The number of amides is 1. The topological polar surface area (TPSA) is 113 Å². The molecule has 9 heteroatoms. The molecule has 0 unspecified atom stereocenters. The summed E-state index contributed by atoms with van der Waals surface area (Å²) in [5.41, 5.74) is 1.22. The Morgan fingerprint density at radius 1 is 1.12 bits per heavy atom. The second-order valence-electron chi connectivity index (χ2n) is 4.77. The van der Waals surface area contributed by atoms with Crippen molar-refractivity contribution in [1.29, 1.82) is 0 Å². The maximum Gasteiger partial charge on any atom is 0.322 e. The molecule has 1 aromatic carbocycles. The number of benzene rings is 1. The van der Waals surface area contributed by atoms with E-state index in [1.807, 2.05) is 0 Å². The molecule has 0 aliphatic heterocycles. The summed E-state index contributed by atoms with van der Waals surface area (Å²) in [5.74, 6) is 0.849. The fourth-order valence-electron chi connectivity index (χ4n) is 1.99. The highest BCUT2D eigenvalue weighted by Gasteiger charge is 2.17. The lowest BCUT2D eigenvalue weighted by atomic mass is 10.2. The first-order chi connectivity index (χ1) is 11.6. The Morgan fingerprint density at radius 2 is 1.92 bits per heavy atom. The van der Waals surface area contributed by atoms with Crippen molar-refractivity contribution in [1.82, 2.24) is 15.4 Å². The first kappa shape index (κ1) is 15.5. The average Bonchev–Trinajstić information content (AvgIpc) is 3.23. The highest BCUT2D eigenvalue weighted by atomic mass is 16.5. The molecule has 0 atom stereocenters. The van der Waals surface area contributed by atoms with E-state index in [-0.39, 0.29) is 17.7 Å². The van der Waals surface area contributed by atoms with Gasteiger partial charge in [-0.1, -0.05) is 10.3 Å². The third kappa shape index (κ3) is 3.05. The monoisotopic (exact) mass is 330 g/mol. The Bertz CT molecular complexity index is 870. The van der Waals surface area contributed by atoms with Gasteiger partial charge in [0, 0.05) is 11.6 Å². The molecule has 3 rings (SSSR count). The number of hydrogen-bond donors (Lipinski definition) is 1. The van der Waals surface area contributed by atoms with Crippen molar-refractivity contribution in [2.45, 2.75) is 6.92 Å². The maximum absolute atomic E-state index is 11.9. The van der Waals surface area contributed by atoms with Crippen LogP contribution in [-0.2, 0) is 0 Å². The van der Waals surface area contributed by atoms with Gasteiger partial charge in [0.1, 0.15) is 0 Å². The third-order valence-corrected chi connectivity index (χ3v) is 3.13. The number of hydrogen-bond acceptors (Lipinski definition) is 8. The van der Waals surface area contributed by atoms with Gasteiger partial charge >= 0.3 is 6.01 Å². The van der Waals surface area contributed by atoms with Gasteiger partial charge in [-0.25, -0.2) is 0 Å². The van der Waals surface area contributed by atoms with E-state index in [0.717, 1.165) is 0 Å². The second-order valence-corrected chi connectivity index (χ2v) is 4.77. The molecule has 0 fully saturated rings. The summed E-state index contributed by atoms with van der Waals surface area (Å²) in [6.45, 7) is 1.71. The van der Waals surface area contributed by atoms with Crippen molar-refractivity contribution >= 4 is 11.9 Å². The van der Waals surface area contributed by atoms with Gasteiger partial charge in [0.05, 0.1) is 19.9 Å². The molecule has 0 radical (unpaired) electrons. The number of ether oxygens (including phenoxy) is 2. The average molecular weight is 330 g/mol. The Kier molecular flexibility index (Phi) is 4.15. The maximum atomic E-state index is 11.9. The molecule has 9 nitrogen and oxygen atoms in total. The van der Waals surface area contributed by atoms with Crippen LogP contribution in [0.3, 0.4) is 0 Å². The summed E-state index contributed by atoms with van der Waals surface area (Å²) in [6.07, 6.45) is 0. The van der Waals surface area contributed by atoms with Crippen LogP contribution in [0.1, 0.15) is 16.2 Å². The Morgan fingerprint density at radius 3 is 2.58 bits per heavy atom. The van der Waals surface area contributed by atoms with E-state index in [1.165, 1.54) is 13.2 Å². The zero-order chi connectivity index (χ0) is 17.1. The predicted molar refractivity (Wildman–Crippen MR) is 82.0 cm³/mol. The molecule has 0 saturated carbocycles. The number of carbonyl (C=O) groups excluding carboxylic acids is 1. The Labute approximate surface area is 136 Å². The van der Waals surface area contributed by atoms with Gasteiger partial charge < -0.3 is 18.4 Å². The number of rotatable bonds is 5. The van der Waals surface area contributed by atoms with E-state index in [9.17, 15) is 4.79 Å². The van der Waals surface area contributed by atoms with Crippen LogP contribution in [0.15, 0.2) is 33.2 Å². The SMILES string of the molecule is COc1ccc(-c2nnc(NC(=O)c3cc(C)no3)o2)cc1OC. The summed E-state index contributed by atoms with van der Waals surface area (Å²) in [6, 6.07) is 6.59. The number of aromatic nitrogens is 3. The van der Waals surface area contributed by atoms with Crippen molar-refractivity contribution in [3.63, 3.8) is 0 Å². The number of nitrogens with zero attached hydrogens (tertiary/aromatic N) is 3. The smallest absolute Gasteiger partial charge is 0.322 e. The van der Waals surface area contributed by atoms with E-state index in [0.29, 0.717) is 22.8 Å². The van der Waals surface area contributed by atoms with Crippen molar-refractivity contribution in [2.24, 2.45) is 0 Å². The lowest BCUT2D eigenvalue weighted by Crippen LogP contribution is -2.11. The summed E-state index contributed by atoms with van der Waals surface area (Å²) in [7, 11) is 3.07. The van der Waals surface area contributed by atoms with Gasteiger partial charge in [-0.15, -0.1) is 5.10 Å². The molecule has 1 amide bonds. The molecule has 124 valence electrons. The highest BCUT2D eigenvalue weighted by Crippen LogP contribution is 2.32. The van der Waals surface area contributed by atoms with Crippen molar-refractivity contribution in [3.8, 4) is 23.0 Å². The molecule has 0 saturated heterocycles. The first-order valence-electron chi connectivity index (χ1n) is 6.91. The minimum Gasteiger partial charge on any atom is -0.493 e. The van der Waals surface area contributed by atoms with E-state index >= 15 is 0 Å². The quantitative estimate of drug-likeness (QED) is 0.758. The van der Waals surface area contributed by atoms with Gasteiger partial charge in [0.2, 0.25) is 11.7 Å². The van der Waals surface area contributed by atoms with Gasteiger partial charge in [-0.3, -0.25) is 10.1 Å². The first-order valence-corrected chi connectivity index (χ1v) is 6.91. The molecule has 2 heterocycles. The van der Waals surface area contributed by atoms with E-state index in [2.05, 4.69) is 20.7 Å². The van der Waals surface area contributed by atoms with Crippen LogP contribution in [0.2, 0.25) is 0 Å². The zero-order valence-electron chi connectivity index (χ0n) is 13.2. The Balaban J connectivity index is 1.79. The van der Waals surface area contributed by atoms with Crippen molar-refractivity contribution in [2.75, 3.05) is 19.5 Å². The molecule has 24 heavy (non-hydrogen) atoms. The molecule has 1 N–H and O–H groups in total. The van der Waals surface area contributed by atoms with E-state index in [4.69, 9.17) is 18.4 Å². The molecular formula is C15H14N4O5. The second kappa shape index (κ2) is 6.41. The minimum absolute atomic E-state index is 0.0540. The van der Waals surface area contributed by atoms with Gasteiger partial charge in [0.15, 0.2) is 11.5 Å². The van der Waals surface area contributed by atoms with Crippen molar-refractivity contribution in [3.05, 3.63) is 35.7 Å². The van der Waals surface area contributed by atoms with Crippen LogP contribution in [0.5, 0.6) is 11.5 Å². The van der Waals surface area contributed by atoms with Crippen LogP contribution in [0.4, 0.5) is 6.01 Å². The summed E-state index contributed by atoms with van der Waals surface area (Å²) >= 11 is 0. The van der Waals surface area contributed by atoms with E-state index < -0.39 is 5.91 Å². The van der Waals surface area contributed by atoms with Gasteiger partial charge in [-0.2, -0.15) is 0 Å². The molecular weight excluding hydrogens is 316 g/mol. The molecule has 0 bridgehead atoms. The van der Waals surface area contributed by atoms with Crippen LogP contribution >= 0.6 is 0 Å². The standard InChI is InChI=1S/C15H14N4O5/c1-8-6-12(24-19-8)13(20)16-15-18-17-14(23-15)9-4-5-10(21-2)11(7-9)22-3/h4-7H,1-3H3,(H,16,18,20). The molecule has 0 aliphatic rings. The van der Waals surface area contributed by atoms with Crippen molar-refractivity contribution < 1.29 is 23.2 Å². The van der Waals surface area contributed by atoms with Gasteiger partial charge in [0.25, 0.3) is 5.91 Å². The van der Waals surface area contributed by atoms with Crippen LogP contribution in [0, 0.1) is 6.92 Å². The Hall–Kier alpha value is -3.36. The van der Waals surface area contributed by atoms with E-state index in [1.54, 1.807) is 32.2 Å². The zero-order valence-corrected chi connectivity index (χ0v) is 13.2. The molecule has 0 aliphatic carbocycles. The largest absolute Gasteiger partial charge is 0.493 e. The van der Waals surface area contributed by atoms with Crippen LogP contribution in [0.25, 0.3) is 11.5 Å². The number of methoxy groups -OCH3 is 2. The minimum atomic E-state index is -0.530. The fourth-order valence-corrected chi connectivity index (χ4v) is 1.99. The normalized spacial score (nSPS) is 10.5. The predicted octanol–water partition coefficient (Wildman–Crippen LogP) is 2.30. The highest BCUT2D eigenvalue weighted by molar-refractivity contribution is 6.00. The number of nitrogens with one attached hydrogen (secondary N) is 1. The summed E-state index contributed by atoms with van der Waals surface area (Å²) in [5, 5.41) is 13.8. The lowest BCUT2D eigenvalue weighted by Gasteiger charge is -2.07. The number of aryl methyl sites for hydroxylation is 1. The number of anilines is 1. The molecule has 3 aromatic rings. The van der Waals surface area contributed by atoms with Crippen LogP contribution < -0.4 is 14.8 Å². The number of carbonyl (C=O) groups is 1. The molecule has 0 spiro atoms. The summed E-state index contributed by atoms with van der Waals surface area (Å²) in [4.78, 5) is 11.9. The van der Waals surface area contributed by atoms with Crippen LogP contribution in [-0.4, -0.2) is 35.5 Å².